The zero-order chi connectivity index (χ0) is 14.0. The minimum absolute atomic E-state index is 0.133. The second-order valence-corrected chi connectivity index (χ2v) is 4.89. The molecular formula is C12H12N2O4S. The molecule has 2 rings (SSSR count). The molecule has 0 aliphatic heterocycles. The predicted octanol–water partition coefficient (Wildman–Crippen LogP) is 0.907. The van der Waals surface area contributed by atoms with Gasteiger partial charge in [-0.2, -0.15) is 0 Å². The second-order valence-electron chi connectivity index (χ2n) is 3.98. The molecule has 6 nitrogen and oxygen atoms in total. The molecule has 0 aromatic carbocycles. The molecule has 0 aliphatic carbocycles. The van der Waals surface area contributed by atoms with E-state index in [9.17, 15) is 14.4 Å². The van der Waals surface area contributed by atoms with Gasteiger partial charge < -0.3 is 5.11 Å². The van der Waals surface area contributed by atoms with Crippen LogP contribution < -0.4 is 11.2 Å². The number of nitrogens with one attached hydrogen (secondary N) is 1. The molecule has 0 unspecified atom stereocenters. The highest BCUT2D eigenvalue weighted by molar-refractivity contribution is 7.12. The van der Waals surface area contributed by atoms with E-state index in [4.69, 9.17) is 5.11 Å². The molecule has 7 heteroatoms. The van der Waals surface area contributed by atoms with Gasteiger partial charge in [-0.25, -0.2) is 9.59 Å². The summed E-state index contributed by atoms with van der Waals surface area (Å²) in [6.07, 6.45) is 1.98. The van der Waals surface area contributed by atoms with Crippen molar-refractivity contribution >= 4 is 17.3 Å². The number of aromatic carboxylic acids is 1. The molecule has 0 amide bonds. The topological polar surface area (TPSA) is 92.2 Å². The van der Waals surface area contributed by atoms with Gasteiger partial charge in [-0.05, 0) is 23.4 Å². The number of hydrogen-bond donors (Lipinski definition) is 2. The van der Waals surface area contributed by atoms with Gasteiger partial charge in [-0.1, -0.05) is 6.92 Å². The number of rotatable bonds is 4. The minimum Gasteiger partial charge on any atom is -0.477 e. The average molecular weight is 280 g/mol. The van der Waals surface area contributed by atoms with Crippen molar-refractivity contribution in [3.8, 4) is 0 Å². The zero-order valence-corrected chi connectivity index (χ0v) is 11.0. The van der Waals surface area contributed by atoms with Crippen molar-refractivity contribution in [2.75, 3.05) is 0 Å². The Balaban J connectivity index is 2.44. The highest BCUT2D eigenvalue weighted by atomic mass is 32.1. The van der Waals surface area contributed by atoms with Crippen LogP contribution in [0.25, 0.3) is 0 Å². The molecule has 100 valence electrons. The lowest BCUT2D eigenvalue weighted by atomic mass is 10.2. The van der Waals surface area contributed by atoms with Gasteiger partial charge in [0.2, 0.25) is 0 Å². The van der Waals surface area contributed by atoms with Crippen molar-refractivity contribution in [3.63, 3.8) is 0 Å². The predicted molar refractivity (Wildman–Crippen MR) is 71.1 cm³/mol. The molecule has 2 aromatic rings. The first kappa shape index (κ1) is 13.3. The number of aromatic nitrogens is 2. The summed E-state index contributed by atoms with van der Waals surface area (Å²) < 4.78 is 1.31. The number of H-pyrrole nitrogens is 1. The van der Waals surface area contributed by atoms with Gasteiger partial charge in [-0.15, -0.1) is 11.3 Å². The highest BCUT2D eigenvalue weighted by Crippen LogP contribution is 2.17. The summed E-state index contributed by atoms with van der Waals surface area (Å²) in [6, 6.07) is 1.66. The lowest BCUT2D eigenvalue weighted by Crippen LogP contribution is -2.32. The van der Waals surface area contributed by atoms with Crippen LogP contribution in [0, 0.1) is 0 Å². The fourth-order valence-corrected chi connectivity index (χ4v) is 2.51. The lowest BCUT2D eigenvalue weighted by Gasteiger charge is -2.06. The van der Waals surface area contributed by atoms with E-state index in [-0.39, 0.29) is 11.4 Å². The van der Waals surface area contributed by atoms with Crippen molar-refractivity contribution in [1.82, 2.24) is 9.55 Å². The number of carboxylic acids is 1. The van der Waals surface area contributed by atoms with Crippen LogP contribution in [-0.2, 0) is 13.0 Å². The number of nitrogens with zero attached hydrogens (tertiary/aromatic N) is 1. The molecule has 0 fully saturated rings. The highest BCUT2D eigenvalue weighted by Gasteiger charge is 2.13. The standard InChI is InChI=1S/C12H12N2O4S/c1-2-7-5-14(12(18)13-10(7)15)6-8-3-4-19-9(8)11(16)17/h3-5H,2,6H2,1H3,(H,16,17)(H,13,15,18). The van der Waals surface area contributed by atoms with E-state index in [1.807, 2.05) is 6.92 Å². The first-order valence-corrected chi connectivity index (χ1v) is 6.53. The molecule has 0 saturated heterocycles. The van der Waals surface area contributed by atoms with E-state index in [1.165, 1.54) is 10.8 Å². The maximum absolute atomic E-state index is 11.7. The number of aryl methyl sites for hydroxylation is 1. The Morgan fingerprint density at radius 3 is 2.79 bits per heavy atom. The molecule has 0 atom stereocenters. The second kappa shape index (κ2) is 5.23. The summed E-state index contributed by atoms with van der Waals surface area (Å²) >= 11 is 1.11. The van der Waals surface area contributed by atoms with Gasteiger partial charge in [0.1, 0.15) is 4.88 Å². The van der Waals surface area contributed by atoms with Crippen molar-refractivity contribution in [2.24, 2.45) is 0 Å². The van der Waals surface area contributed by atoms with E-state index in [0.717, 1.165) is 11.3 Å². The fourth-order valence-electron chi connectivity index (χ4n) is 1.76. The van der Waals surface area contributed by atoms with E-state index in [1.54, 1.807) is 11.4 Å². The van der Waals surface area contributed by atoms with Crippen LogP contribution in [0.3, 0.4) is 0 Å². The fraction of sp³-hybridized carbons (Fsp3) is 0.250. The van der Waals surface area contributed by atoms with Gasteiger partial charge >= 0.3 is 11.7 Å². The molecule has 2 aromatic heterocycles. The quantitative estimate of drug-likeness (QED) is 0.870. The molecule has 19 heavy (non-hydrogen) atoms. The smallest absolute Gasteiger partial charge is 0.346 e. The Hall–Kier alpha value is -2.15. The number of aromatic amines is 1. The number of carboxylic acid groups (broad SMARTS) is 1. The van der Waals surface area contributed by atoms with E-state index in [2.05, 4.69) is 4.98 Å². The summed E-state index contributed by atoms with van der Waals surface area (Å²) in [7, 11) is 0. The molecule has 2 heterocycles. The lowest BCUT2D eigenvalue weighted by molar-refractivity contribution is 0.0701. The van der Waals surface area contributed by atoms with Gasteiger partial charge in [0.15, 0.2) is 0 Å². The molecule has 2 N–H and O–H groups in total. The maximum Gasteiger partial charge on any atom is 0.346 e. The number of thiophene rings is 1. The first-order valence-electron chi connectivity index (χ1n) is 5.65. The van der Waals surface area contributed by atoms with Gasteiger partial charge in [0, 0.05) is 11.8 Å². The number of carbonyl (C=O) groups is 1. The van der Waals surface area contributed by atoms with E-state index < -0.39 is 17.2 Å². The summed E-state index contributed by atoms with van der Waals surface area (Å²) in [4.78, 5) is 36.6. The Morgan fingerprint density at radius 2 is 2.16 bits per heavy atom. The monoisotopic (exact) mass is 280 g/mol. The van der Waals surface area contributed by atoms with Gasteiger partial charge in [-0.3, -0.25) is 14.3 Å². The van der Waals surface area contributed by atoms with Crippen LogP contribution in [0.15, 0.2) is 27.2 Å². The van der Waals surface area contributed by atoms with Crippen molar-refractivity contribution in [3.05, 3.63) is 54.5 Å². The third-order valence-electron chi connectivity index (χ3n) is 2.75. The summed E-state index contributed by atoms with van der Waals surface area (Å²) in [6.45, 7) is 1.94. The minimum atomic E-state index is -1.02. The maximum atomic E-state index is 11.7. The molecule has 0 radical (unpaired) electrons. The van der Waals surface area contributed by atoms with E-state index >= 15 is 0 Å². The van der Waals surface area contributed by atoms with Crippen LogP contribution in [0.2, 0.25) is 0 Å². The van der Waals surface area contributed by atoms with Crippen LogP contribution in [0.1, 0.15) is 27.7 Å². The Kier molecular flexibility index (Phi) is 3.66. The van der Waals surface area contributed by atoms with Gasteiger partial charge in [0.25, 0.3) is 5.56 Å². The summed E-state index contributed by atoms with van der Waals surface area (Å²) in [5.41, 5.74) is 0.109. The van der Waals surface area contributed by atoms with Gasteiger partial charge in [0.05, 0.1) is 6.54 Å². The Labute approximate surface area is 112 Å². The molecule has 0 aliphatic rings. The molecule has 0 bridgehead atoms. The Bertz CT molecular complexity index is 726. The zero-order valence-electron chi connectivity index (χ0n) is 10.2. The van der Waals surface area contributed by atoms with Crippen molar-refractivity contribution in [1.29, 1.82) is 0 Å². The van der Waals surface area contributed by atoms with Crippen LogP contribution in [0.5, 0.6) is 0 Å². The average Bonchev–Trinajstić information content (AvgIpc) is 2.81. The third-order valence-corrected chi connectivity index (χ3v) is 3.69. The normalized spacial score (nSPS) is 10.6. The summed E-state index contributed by atoms with van der Waals surface area (Å²) in [5, 5.41) is 10.7. The first-order chi connectivity index (χ1) is 9.02. The van der Waals surface area contributed by atoms with Crippen LogP contribution in [0.4, 0.5) is 0 Å². The SMILES string of the molecule is CCc1cn(Cc2ccsc2C(=O)O)c(=O)[nH]c1=O. The van der Waals surface area contributed by atoms with Crippen molar-refractivity contribution in [2.45, 2.75) is 19.9 Å². The largest absolute Gasteiger partial charge is 0.477 e. The number of hydrogen-bond acceptors (Lipinski definition) is 4. The van der Waals surface area contributed by atoms with Crippen LogP contribution in [-0.4, -0.2) is 20.6 Å². The van der Waals surface area contributed by atoms with Crippen LogP contribution >= 0.6 is 11.3 Å². The molecule has 0 spiro atoms. The third kappa shape index (κ3) is 2.65. The van der Waals surface area contributed by atoms with E-state index in [0.29, 0.717) is 17.5 Å². The molecule has 0 saturated carbocycles. The summed E-state index contributed by atoms with van der Waals surface area (Å²) in [5.74, 6) is -1.02. The van der Waals surface area contributed by atoms with Crippen molar-refractivity contribution < 1.29 is 9.90 Å². The molecular weight excluding hydrogens is 268 g/mol. The Morgan fingerprint density at radius 1 is 1.42 bits per heavy atom.